The molecule has 1 heterocycles. The van der Waals surface area contributed by atoms with Crippen molar-refractivity contribution in [1.29, 1.82) is 0 Å². The number of nitro groups is 1. The van der Waals surface area contributed by atoms with E-state index in [0.29, 0.717) is 34.4 Å². The first kappa shape index (κ1) is 25.9. The zero-order valence-corrected chi connectivity index (χ0v) is 21.7. The molecule has 5 aromatic rings. The molecule has 9 heteroatoms. The summed E-state index contributed by atoms with van der Waals surface area (Å²) in [5.74, 6) is 0.965. The fourth-order valence-corrected chi connectivity index (χ4v) is 5.09. The van der Waals surface area contributed by atoms with Gasteiger partial charge in [-0.3, -0.25) is 19.5 Å². The molecule has 0 saturated heterocycles. The summed E-state index contributed by atoms with van der Waals surface area (Å²) in [6.45, 7) is 0. The van der Waals surface area contributed by atoms with Gasteiger partial charge in [0.25, 0.3) is 11.6 Å². The van der Waals surface area contributed by atoms with Crippen molar-refractivity contribution in [3.8, 4) is 5.69 Å². The molecule has 39 heavy (non-hydrogen) atoms. The van der Waals surface area contributed by atoms with Gasteiger partial charge in [-0.05, 0) is 41.8 Å². The number of aromatic nitrogens is 3. The predicted molar refractivity (Wildman–Crippen MR) is 151 cm³/mol. The van der Waals surface area contributed by atoms with Crippen LogP contribution in [0, 0.1) is 10.1 Å². The number of rotatable bonds is 10. The van der Waals surface area contributed by atoms with E-state index in [1.807, 2.05) is 83.4 Å². The van der Waals surface area contributed by atoms with Crippen molar-refractivity contribution < 1.29 is 9.72 Å². The molecule has 0 bridgehead atoms. The molecule has 1 atom stereocenters. The molecule has 0 saturated carbocycles. The fraction of sp³-hybridized carbons (Fsp3) is 0.100. The minimum atomic E-state index is -0.520. The molecule has 4 aromatic carbocycles. The average Bonchev–Trinajstić information content (AvgIpc) is 3.41. The van der Waals surface area contributed by atoms with E-state index in [-0.39, 0.29) is 11.6 Å². The van der Waals surface area contributed by atoms with Gasteiger partial charge in [0, 0.05) is 29.1 Å². The predicted octanol–water partition coefficient (Wildman–Crippen LogP) is 6.18. The molecular weight excluding hydrogens is 510 g/mol. The number of hydrogen-bond donors (Lipinski definition) is 1. The van der Waals surface area contributed by atoms with Crippen LogP contribution in [0.4, 0.5) is 5.69 Å². The van der Waals surface area contributed by atoms with Crippen molar-refractivity contribution in [1.82, 2.24) is 20.1 Å². The Bertz CT molecular complexity index is 1540. The Kier molecular flexibility index (Phi) is 8.09. The van der Waals surface area contributed by atoms with Crippen molar-refractivity contribution in [3.05, 3.63) is 148 Å². The number of thioether (sulfide) groups is 1. The van der Waals surface area contributed by atoms with Gasteiger partial charge in [-0.1, -0.05) is 90.6 Å². The molecule has 0 aliphatic rings. The number of nitrogens with zero attached hydrogens (tertiary/aromatic N) is 4. The number of nitrogens with one attached hydrogen (secondary N) is 1. The Morgan fingerprint density at radius 1 is 0.821 bits per heavy atom. The molecular formula is C30H25N5O3S. The van der Waals surface area contributed by atoms with Crippen LogP contribution < -0.4 is 5.32 Å². The summed E-state index contributed by atoms with van der Waals surface area (Å²) in [6, 6.07) is 34.6. The molecule has 194 valence electrons. The standard InChI is InChI=1S/C30H25N5O3S/c36-29(24-14-8-3-9-15-24)31-27(20-22-10-4-1-5-11-22)28-32-33-30(39-21-23-12-6-2-7-13-23)34(28)25-16-18-26(19-17-25)35(37)38/h1-19,27H,20-21H2,(H,31,36). The van der Waals surface area contributed by atoms with Gasteiger partial charge < -0.3 is 5.32 Å². The summed E-state index contributed by atoms with van der Waals surface area (Å²) >= 11 is 1.51. The SMILES string of the molecule is O=C(NC(Cc1ccccc1)c1nnc(SCc2ccccc2)n1-c1ccc([N+](=O)[O-])cc1)c1ccccc1. The summed E-state index contributed by atoms with van der Waals surface area (Å²) in [7, 11) is 0. The Hall–Kier alpha value is -4.76. The monoisotopic (exact) mass is 535 g/mol. The van der Waals surface area contributed by atoms with Crippen LogP contribution in [0.5, 0.6) is 0 Å². The van der Waals surface area contributed by atoms with Gasteiger partial charge in [0.05, 0.1) is 11.0 Å². The van der Waals surface area contributed by atoms with Crippen LogP contribution in [0.1, 0.15) is 33.4 Å². The lowest BCUT2D eigenvalue weighted by Crippen LogP contribution is -2.32. The third kappa shape index (κ3) is 6.39. The summed E-state index contributed by atoms with van der Waals surface area (Å²) in [5, 5.41) is 24.1. The molecule has 1 aromatic heterocycles. The van der Waals surface area contributed by atoms with E-state index in [1.165, 1.54) is 23.9 Å². The van der Waals surface area contributed by atoms with E-state index >= 15 is 0 Å². The lowest BCUT2D eigenvalue weighted by atomic mass is 10.0. The molecule has 0 aliphatic carbocycles. The molecule has 1 unspecified atom stereocenters. The van der Waals surface area contributed by atoms with Gasteiger partial charge in [0.1, 0.15) is 0 Å². The highest BCUT2D eigenvalue weighted by Gasteiger charge is 2.25. The Labute approximate surface area is 229 Å². The van der Waals surface area contributed by atoms with Gasteiger partial charge in [-0.15, -0.1) is 10.2 Å². The number of benzene rings is 4. The highest BCUT2D eigenvalue weighted by Crippen LogP contribution is 2.30. The van der Waals surface area contributed by atoms with E-state index in [9.17, 15) is 14.9 Å². The Morgan fingerprint density at radius 2 is 1.41 bits per heavy atom. The van der Waals surface area contributed by atoms with Crippen molar-refractivity contribution in [2.45, 2.75) is 23.4 Å². The van der Waals surface area contributed by atoms with Gasteiger partial charge in [-0.25, -0.2) is 0 Å². The van der Waals surface area contributed by atoms with Crippen LogP contribution in [0.25, 0.3) is 5.69 Å². The molecule has 0 radical (unpaired) electrons. The van der Waals surface area contributed by atoms with Gasteiger partial charge in [-0.2, -0.15) is 0 Å². The molecule has 0 aliphatic heterocycles. The fourth-order valence-electron chi connectivity index (χ4n) is 4.18. The zero-order chi connectivity index (χ0) is 27.0. The first-order chi connectivity index (χ1) is 19.1. The third-order valence-electron chi connectivity index (χ3n) is 6.12. The number of hydrogen-bond acceptors (Lipinski definition) is 6. The second-order valence-electron chi connectivity index (χ2n) is 8.81. The van der Waals surface area contributed by atoms with Crippen LogP contribution in [0.2, 0.25) is 0 Å². The Morgan fingerprint density at radius 3 is 2.03 bits per heavy atom. The second-order valence-corrected chi connectivity index (χ2v) is 9.75. The normalized spacial score (nSPS) is 11.6. The Balaban J connectivity index is 1.55. The molecule has 0 fully saturated rings. The number of non-ortho nitro benzene ring substituents is 1. The van der Waals surface area contributed by atoms with Gasteiger partial charge in [0.15, 0.2) is 11.0 Å². The lowest BCUT2D eigenvalue weighted by molar-refractivity contribution is -0.384. The van der Waals surface area contributed by atoms with E-state index in [1.54, 1.807) is 24.3 Å². The first-order valence-corrected chi connectivity index (χ1v) is 13.3. The van der Waals surface area contributed by atoms with Crippen molar-refractivity contribution in [3.63, 3.8) is 0 Å². The average molecular weight is 536 g/mol. The summed E-state index contributed by atoms with van der Waals surface area (Å²) < 4.78 is 1.87. The minimum absolute atomic E-state index is 0.00919. The van der Waals surface area contributed by atoms with E-state index in [4.69, 9.17) is 0 Å². The molecule has 1 amide bonds. The van der Waals surface area contributed by atoms with Gasteiger partial charge in [0.2, 0.25) is 0 Å². The minimum Gasteiger partial charge on any atom is -0.342 e. The van der Waals surface area contributed by atoms with Crippen LogP contribution in [0.3, 0.4) is 0 Å². The first-order valence-electron chi connectivity index (χ1n) is 12.3. The lowest BCUT2D eigenvalue weighted by Gasteiger charge is -2.20. The topological polar surface area (TPSA) is 103 Å². The smallest absolute Gasteiger partial charge is 0.269 e. The molecule has 8 nitrogen and oxygen atoms in total. The third-order valence-corrected chi connectivity index (χ3v) is 7.12. The van der Waals surface area contributed by atoms with Crippen LogP contribution in [0.15, 0.2) is 120 Å². The largest absolute Gasteiger partial charge is 0.342 e. The van der Waals surface area contributed by atoms with E-state index in [0.717, 1.165) is 11.1 Å². The molecule has 5 rings (SSSR count). The quantitative estimate of drug-likeness (QED) is 0.130. The second kappa shape index (κ2) is 12.2. The number of nitro benzene ring substituents is 1. The van der Waals surface area contributed by atoms with E-state index < -0.39 is 11.0 Å². The summed E-state index contributed by atoms with van der Waals surface area (Å²) in [4.78, 5) is 24.1. The maximum atomic E-state index is 13.3. The number of carbonyl (C=O) groups excluding carboxylic acids is 1. The van der Waals surface area contributed by atoms with E-state index in [2.05, 4.69) is 15.5 Å². The van der Waals surface area contributed by atoms with Gasteiger partial charge >= 0.3 is 0 Å². The zero-order valence-electron chi connectivity index (χ0n) is 20.9. The maximum Gasteiger partial charge on any atom is 0.269 e. The summed E-state index contributed by atoms with van der Waals surface area (Å²) in [6.07, 6.45) is 0.480. The van der Waals surface area contributed by atoms with Crippen LogP contribution >= 0.6 is 11.8 Å². The number of carbonyl (C=O) groups is 1. The van der Waals surface area contributed by atoms with Crippen molar-refractivity contribution in [2.24, 2.45) is 0 Å². The van der Waals surface area contributed by atoms with Crippen molar-refractivity contribution in [2.75, 3.05) is 0 Å². The summed E-state index contributed by atoms with van der Waals surface area (Å²) in [5.41, 5.74) is 3.34. The number of amides is 1. The van der Waals surface area contributed by atoms with Crippen LogP contribution in [-0.2, 0) is 12.2 Å². The molecule has 1 N–H and O–H groups in total. The van der Waals surface area contributed by atoms with Crippen LogP contribution in [-0.4, -0.2) is 25.6 Å². The highest BCUT2D eigenvalue weighted by molar-refractivity contribution is 7.98. The highest BCUT2D eigenvalue weighted by atomic mass is 32.2. The van der Waals surface area contributed by atoms with Crippen molar-refractivity contribution >= 4 is 23.4 Å². The molecule has 0 spiro atoms. The maximum absolute atomic E-state index is 13.3.